The number of carbonyl (C=O) groups excluding carboxylic acids is 1. The number of aryl methyl sites for hydroxylation is 1. The topological polar surface area (TPSA) is 91.0 Å². The van der Waals surface area contributed by atoms with E-state index in [2.05, 4.69) is 15.5 Å². The van der Waals surface area contributed by atoms with Crippen molar-refractivity contribution in [2.75, 3.05) is 11.9 Å². The Hall–Kier alpha value is -3.42. The van der Waals surface area contributed by atoms with Crippen LogP contribution >= 0.6 is 0 Å². The fraction of sp³-hybridized carbons (Fsp3) is 0.263. The van der Waals surface area contributed by atoms with Gasteiger partial charge in [-0.15, -0.1) is 0 Å². The predicted molar refractivity (Wildman–Crippen MR) is 101 cm³/mol. The Labute approximate surface area is 156 Å². The zero-order valence-corrected chi connectivity index (χ0v) is 15.3. The number of nitrogens with zero attached hydrogens (tertiary/aromatic N) is 4. The van der Waals surface area contributed by atoms with Crippen molar-refractivity contribution in [1.29, 1.82) is 0 Å². The van der Waals surface area contributed by atoms with Crippen LogP contribution in [0.5, 0.6) is 0 Å². The molecule has 0 saturated heterocycles. The molecular weight excluding hydrogens is 346 g/mol. The molecule has 8 nitrogen and oxygen atoms in total. The summed E-state index contributed by atoms with van der Waals surface area (Å²) in [6, 6.07) is 8.75. The first-order chi connectivity index (χ1) is 13.0. The van der Waals surface area contributed by atoms with E-state index in [-0.39, 0.29) is 5.43 Å². The first-order valence-electron chi connectivity index (χ1n) is 8.66. The van der Waals surface area contributed by atoms with E-state index in [1.54, 1.807) is 33.9 Å². The van der Waals surface area contributed by atoms with Gasteiger partial charge >= 0.3 is 6.09 Å². The van der Waals surface area contributed by atoms with Crippen molar-refractivity contribution >= 4 is 11.8 Å². The lowest BCUT2D eigenvalue weighted by atomic mass is 10.1. The lowest BCUT2D eigenvalue weighted by Crippen LogP contribution is -2.16. The standard InChI is InChI=1S/C19H21N5O3/c1-3-9-27-19(26)21-15-6-4-5-14(10-15)11-17-18(25)7-8-24(22-17)16-12-20-23(2)13-16/h4-8,10,12-13H,3,9,11H2,1-2H3,(H,21,26). The summed E-state index contributed by atoms with van der Waals surface area (Å²) < 4.78 is 8.30. The Morgan fingerprint density at radius 1 is 1.30 bits per heavy atom. The van der Waals surface area contributed by atoms with Crippen LogP contribution in [0.15, 0.2) is 53.7 Å². The van der Waals surface area contributed by atoms with E-state index in [1.807, 2.05) is 32.3 Å². The van der Waals surface area contributed by atoms with Gasteiger partial charge in [-0.3, -0.25) is 14.8 Å². The Morgan fingerprint density at radius 3 is 2.89 bits per heavy atom. The molecule has 1 aromatic carbocycles. The van der Waals surface area contributed by atoms with E-state index in [4.69, 9.17) is 4.74 Å². The number of hydrogen-bond acceptors (Lipinski definition) is 5. The van der Waals surface area contributed by atoms with Crippen LogP contribution in [0.1, 0.15) is 24.6 Å². The average molecular weight is 367 g/mol. The smallest absolute Gasteiger partial charge is 0.411 e. The number of nitrogens with one attached hydrogen (secondary N) is 1. The number of hydrogen-bond donors (Lipinski definition) is 1. The van der Waals surface area contributed by atoms with Gasteiger partial charge in [0.2, 0.25) is 5.43 Å². The summed E-state index contributed by atoms with van der Waals surface area (Å²) in [7, 11) is 1.82. The molecule has 0 aliphatic heterocycles. The van der Waals surface area contributed by atoms with Gasteiger partial charge in [-0.25, -0.2) is 9.48 Å². The van der Waals surface area contributed by atoms with Gasteiger partial charge in [0.15, 0.2) is 0 Å². The number of amides is 1. The molecule has 27 heavy (non-hydrogen) atoms. The zero-order chi connectivity index (χ0) is 19.2. The molecule has 3 rings (SSSR count). The highest BCUT2D eigenvalue weighted by atomic mass is 16.5. The van der Waals surface area contributed by atoms with Crippen LogP contribution in [-0.2, 0) is 18.2 Å². The minimum absolute atomic E-state index is 0.143. The molecule has 0 unspecified atom stereocenters. The van der Waals surface area contributed by atoms with Crippen LogP contribution in [0.3, 0.4) is 0 Å². The second-order valence-electron chi connectivity index (χ2n) is 6.08. The molecule has 2 aromatic heterocycles. The fourth-order valence-corrected chi connectivity index (χ4v) is 2.54. The summed E-state index contributed by atoms with van der Waals surface area (Å²) in [6.45, 7) is 2.30. The minimum atomic E-state index is -0.495. The number of rotatable bonds is 6. The fourth-order valence-electron chi connectivity index (χ4n) is 2.54. The molecule has 1 amide bonds. The highest BCUT2D eigenvalue weighted by molar-refractivity contribution is 5.84. The third kappa shape index (κ3) is 4.81. The summed E-state index contributed by atoms with van der Waals surface area (Å²) >= 11 is 0. The molecule has 0 saturated carbocycles. The molecule has 0 spiro atoms. The Bertz CT molecular complexity index is 993. The van der Waals surface area contributed by atoms with E-state index in [1.165, 1.54) is 6.07 Å². The highest BCUT2D eigenvalue weighted by Gasteiger charge is 2.08. The number of carbonyl (C=O) groups is 1. The first-order valence-corrected chi connectivity index (χ1v) is 8.66. The van der Waals surface area contributed by atoms with Crippen LogP contribution < -0.4 is 10.7 Å². The molecule has 8 heteroatoms. The van der Waals surface area contributed by atoms with Gasteiger partial charge in [-0.05, 0) is 24.1 Å². The Morgan fingerprint density at radius 2 is 2.15 bits per heavy atom. The van der Waals surface area contributed by atoms with E-state index in [0.717, 1.165) is 17.7 Å². The van der Waals surface area contributed by atoms with Gasteiger partial charge in [-0.2, -0.15) is 10.2 Å². The monoisotopic (exact) mass is 367 g/mol. The number of anilines is 1. The maximum absolute atomic E-state index is 12.2. The summed E-state index contributed by atoms with van der Waals surface area (Å²) in [5.74, 6) is 0. The van der Waals surface area contributed by atoms with E-state index >= 15 is 0 Å². The van der Waals surface area contributed by atoms with Gasteiger partial charge < -0.3 is 4.74 Å². The molecule has 0 atom stereocenters. The van der Waals surface area contributed by atoms with Crippen molar-refractivity contribution < 1.29 is 9.53 Å². The second kappa shape index (κ2) is 8.31. The summed E-state index contributed by atoms with van der Waals surface area (Å²) in [4.78, 5) is 23.9. The third-order valence-electron chi connectivity index (χ3n) is 3.82. The van der Waals surface area contributed by atoms with Crippen LogP contribution in [0, 0.1) is 0 Å². The molecule has 2 heterocycles. The van der Waals surface area contributed by atoms with Gasteiger partial charge in [0.25, 0.3) is 0 Å². The highest BCUT2D eigenvalue weighted by Crippen LogP contribution is 2.13. The number of aromatic nitrogens is 4. The largest absolute Gasteiger partial charge is 0.449 e. The maximum atomic E-state index is 12.2. The van der Waals surface area contributed by atoms with E-state index in [9.17, 15) is 9.59 Å². The van der Waals surface area contributed by atoms with Crippen molar-refractivity contribution in [3.05, 3.63) is 70.4 Å². The van der Waals surface area contributed by atoms with Crippen molar-refractivity contribution in [3.8, 4) is 5.69 Å². The predicted octanol–water partition coefficient (Wildman–Crippen LogP) is 2.52. The van der Waals surface area contributed by atoms with Crippen LogP contribution in [0.2, 0.25) is 0 Å². The molecular formula is C19H21N5O3. The second-order valence-corrected chi connectivity index (χ2v) is 6.08. The van der Waals surface area contributed by atoms with Gasteiger partial charge in [0.1, 0.15) is 11.4 Å². The molecule has 140 valence electrons. The van der Waals surface area contributed by atoms with Crippen LogP contribution in [0.4, 0.5) is 10.5 Å². The number of benzene rings is 1. The van der Waals surface area contributed by atoms with Gasteiger partial charge in [-0.1, -0.05) is 19.1 Å². The maximum Gasteiger partial charge on any atom is 0.411 e. The molecule has 0 aliphatic rings. The summed E-state index contributed by atoms with van der Waals surface area (Å²) in [5.41, 5.74) is 2.50. The summed E-state index contributed by atoms with van der Waals surface area (Å²) in [6.07, 6.45) is 5.72. The zero-order valence-electron chi connectivity index (χ0n) is 15.3. The molecule has 1 N–H and O–H groups in total. The van der Waals surface area contributed by atoms with E-state index < -0.39 is 6.09 Å². The van der Waals surface area contributed by atoms with Crippen molar-refractivity contribution in [2.45, 2.75) is 19.8 Å². The third-order valence-corrected chi connectivity index (χ3v) is 3.82. The molecule has 0 aliphatic carbocycles. The SMILES string of the molecule is CCCOC(=O)Nc1cccc(Cc2nn(-c3cnn(C)c3)ccc2=O)c1. The van der Waals surface area contributed by atoms with Crippen LogP contribution in [-0.4, -0.2) is 32.3 Å². The Kier molecular flexibility index (Phi) is 5.65. The molecule has 0 radical (unpaired) electrons. The van der Waals surface area contributed by atoms with Crippen molar-refractivity contribution in [3.63, 3.8) is 0 Å². The lowest BCUT2D eigenvalue weighted by Gasteiger charge is -2.08. The van der Waals surface area contributed by atoms with Gasteiger partial charge in [0.05, 0.1) is 19.0 Å². The Balaban J connectivity index is 1.78. The lowest BCUT2D eigenvalue weighted by molar-refractivity contribution is 0.161. The van der Waals surface area contributed by atoms with E-state index in [0.29, 0.717) is 24.4 Å². The van der Waals surface area contributed by atoms with Gasteiger partial charge in [0, 0.05) is 31.4 Å². The van der Waals surface area contributed by atoms with Crippen molar-refractivity contribution in [2.24, 2.45) is 7.05 Å². The average Bonchev–Trinajstić information content (AvgIpc) is 3.08. The van der Waals surface area contributed by atoms with Crippen molar-refractivity contribution in [1.82, 2.24) is 19.6 Å². The summed E-state index contributed by atoms with van der Waals surface area (Å²) in [5, 5.41) is 11.2. The van der Waals surface area contributed by atoms with Crippen LogP contribution in [0.25, 0.3) is 5.69 Å². The quantitative estimate of drug-likeness (QED) is 0.723. The molecule has 0 bridgehead atoms. The first kappa shape index (κ1) is 18.4. The minimum Gasteiger partial charge on any atom is -0.449 e. The normalized spacial score (nSPS) is 10.6. The molecule has 3 aromatic rings. The molecule has 0 fully saturated rings. The number of ether oxygens (including phenoxy) is 1.